The number of hydrogen-bond donors (Lipinski definition) is 0. The molecule has 0 saturated carbocycles. The highest BCUT2D eigenvalue weighted by Gasteiger charge is 2.04. The maximum Gasteiger partial charge on any atom is 0.175 e. The summed E-state index contributed by atoms with van der Waals surface area (Å²) in [4.78, 5) is 0.378. The van der Waals surface area contributed by atoms with Gasteiger partial charge in [0.25, 0.3) is 0 Å². The number of sulfone groups is 1. The molecule has 14 heavy (non-hydrogen) atoms. The maximum absolute atomic E-state index is 10.9. The number of rotatable bonds is 1. The number of benzene rings is 1. The molecule has 0 heterocycles. The Morgan fingerprint density at radius 3 is 1.64 bits per heavy atom. The fraction of sp³-hybridized carbons (Fsp3) is 0.455. The molecule has 0 bridgehead atoms. The minimum Gasteiger partial charge on any atom is -0.224 e. The highest BCUT2D eigenvalue weighted by atomic mass is 32.2. The van der Waals surface area contributed by atoms with Crippen molar-refractivity contribution in [2.45, 2.75) is 33.1 Å². The van der Waals surface area contributed by atoms with Crippen LogP contribution in [0.5, 0.6) is 0 Å². The van der Waals surface area contributed by atoms with Crippen molar-refractivity contribution in [2.75, 3.05) is 6.26 Å². The van der Waals surface area contributed by atoms with Crippen LogP contribution >= 0.6 is 0 Å². The molecule has 1 rings (SSSR count). The van der Waals surface area contributed by atoms with Crippen LogP contribution < -0.4 is 0 Å². The average molecular weight is 216 g/mol. The first-order valence-corrected chi connectivity index (χ1v) is 6.16. The quantitative estimate of drug-likeness (QED) is 0.723. The van der Waals surface area contributed by atoms with Gasteiger partial charge in [-0.25, -0.2) is 8.42 Å². The molecule has 0 unspecified atom stereocenters. The molecule has 0 aliphatic carbocycles. The van der Waals surface area contributed by atoms with Crippen molar-refractivity contribution in [3.63, 3.8) is 0 Å². The van der Waals surface area contributed by atoms with Crippen molar-refractivity contribution in [3.05, 3.63) is 29.8 Å². The molecule has 1 aromatic carbocycles. The van der Waals surface area contributed by atoms with Crippen molar-refractivity contribution in [3.8, 4) is 0 Å². The molecule has 0 aliphatic rings. The SMILES string of the molecule is C.CC.Cc1ccc(S(C)(=O)=O)cc1. The molecule has 3 heteroatoms. The first kappa shape index (κ1) is 15.6. The fourth-order valence-corrected chi connectivity index (χ4v) is 1.42. The minimum absolute atomic E-state index is 0. The zero-order valence-electron chi connectivity index (χ0n) is 8.53. The molecule has 0 radical (unpaired) electrons. The summed E-state index contributed by atoms with van der Waals surface area (Å²) in [6.07, 6.45) is 1.21. The van der Waals surface area contributed by atoms with E-state index < -0.39 is 9.84 Å². The highest BCUT2D eigenvalue weighted by Crippen LogP contribution is 2.08. The predicted molar refractivity (Wildman–Crippen MR) is 62.4 cm³/mol. The van der Waals surface area contributed by atoms with Gasteiger partial charge in [0.1, 0.15) is 0 Å². The molecule has 1 aromatic rings. The van der Waals surface area contributed by atoms with Gasteiger partial charge in [0, 0.05) is 6.26 Å². The second-order valence-electron chi connectivity index (χ2n) is 2.59. The first-order chi connectivity index (χ1) is 6.00. The molecule has 0 N–H and O–H groups in total. The molecule has 0 saturated heterocycles. The van der Waals surface area contributed by atoms with Crippen LogP contribution in [0.15, 0.2) is 29.2 Å². The molecule has 0 aliphatic heterocycles. The molecular formula is C11H20O2S. The van der Waals surface area contributed by atoms with Crippen molar-refractivity contribution >= 4 is 9.84 Å². The van der Waals surface area contributed by atoms with E-state index in [9.17, 15) is 8.42 Å². The van der Waals surface area contributed by atoms with Crippen molar-refractivity contribution in [1.29, 1.82) is 0 Å². The summed E-state index contributed by atoms with van der Waals surface area (Å²) in [5.74, 6) is 0. The van der Waals surface area contributed by atoms with Crippen LogP contribution in [0.4, 0.5) is 0 Å². The van der Waals surface area contributed by atoms with Gasteiger partial charge in [0.2, 0.25) is 0 Å². The summed E-state index contributed by atoms with van der Waals surface area (Å²) < 4.78 is 21.9. The molecule has 2 nitrogen and oxygen atoms in total. The van der Waals surface area contributed by atoms with Crippen LogP contribution in [-0.4, -0.2) is 14.7 Å². The van der Waals surface area contributed by atoms with E-state index in [1.54, 1.807) is 24.3 Å². The standard InChI is InChI=1S/C8H10O2S.C2H6.CH4/c1-7-3-5-8(6-4-7)11(2,9)10;1-2;/h3-6H,1-2H3;1-2H3;1H4. The van der Waals surface area contributed by atoms with Gasteiger partial charge in [-0.15, -0.1) is 0 Å². The topological polar surface area (TPSA) is 34.1 Å². The zero-order chi connectivity index (χ0) is 10.5. The molecular weight excluding hydrogens is 196 g/mol. The monoisotopic (exact) mass is 216 g/mol. The summed E-state index contributed by atoms with van der Waals surface area (Å²) >= 11 is 0. The molecule has 0 aromatic heterocycles. The second-order valence-corrected chi connectivity index (χ2v) is 4.60. The van der Waals surface area contributed by atoms with E-state index in [0.29, 0.717) is 4.90 Å². The zero-order valence-corrected chi connectivity index (χ0v) is 9.35. The highest BCUT2D eigenvalue weighted by molar-refractivity contribution is 7.90. The summed E-state index contributed by atoms with van der Waals surface area (Å²) in [5, 5.41) is 0. The van der Waals surface area contributed by atoms with Crippen molar-refractivity contribution < 1.29 is 8.42 Å². The Hall–Kier alpha value is -0.830. The third-order valence-corrected chi connectivity index (χ3v) is 2.58. The van der Waals surface area contributed by atoms with E-state index in [4.69, 9.17) is 0 Å². The normalized spacial score (nSPS) is 9.43. The number of aryl methyl sites for hydroxylation is 1. The molecule has 0 atom stereocenters. The fourth-order valence-electron chi connectivity index (χ4n) is 0.785. The van der Waals surface area contributed by atoms with Gasteiger partial charge in [0.05, 0.1) is 4.90 Å². The van der Waals surface area contributed by atoms with Gasteiger partial charge < -0.3 is 0 Å². The molecule has 0 spiro atoms. The van der Waals surface area contributed by atoms with Crippen molar-refractivity contribution in [1.82, 2.24) is 0 Å². The maximum atomic E-state index is 10.9. The lowest BCUT2D eigenvalue weighted by Crippen LogP contribution is -1.95. The van der Waals surface area contributed by atoms with E-state index in [2.05, 4.69) is 0 Å². The Morgan fingerprint density at radius 2 is 1.36 bits per heavy atom. The summed E-state index contributed by atoms with van der Waals surface area (Å²) in [6, 6.07) is 6.81. The first-order valence-electron chi connectivity index (χ1n) is 4.27. The number of hydrogen-bond acceptors (Lipinski definition) is 2. The van der Waals surface area contributed by atoms with Gasteiger partial charge in [0.15, 0.2) is 9.84 Å². The van der Waals surface area contributed by atoms with E-state index in [1.807, 2.05) is 20.8 Å². The average Bonchev–Trinajstić information content (AvgIpc) is 2.07. The van der Waals surface area contributed by atoms with E-state index in [0.717, 1.165) is 5.56 Å². The Kier molecular flexibility index (Phi) is 7.37. The van der Waals surface area contributed by atoms with Crippen LogP contribution in [-0.2, 0) is 9.84 Å². The summed E-state index contributed by atoms with van der Waals surface area (Å²) in [5.41, 5.74) is 1.07. The third-order valence-electron chi connectivity index (χ3n) is 1.45. The molecule has 0 amide bonds. The Balaban J connectivity index is 0. The lowest BCUT2D eigenvalue weighted by atomic mass is 10.2. The second kappa shape index (κ2) is 6.60. The third kappa shape index (κ3) is 5.02. The van der Waals surface area contributed by atoms with E-state index in [-0.39, 0.29) is 7.43 Å². The van der Waals surface area contributed by atoms with Gasteiger partial charge in [-0.2, -0.15) is 0 Å². The summed E-state index contributed by atoms with van der Waals surface area (Å²) in [7, 11) is -3.02. The Bertz CT molecular complexity index is 336. The lowest BCUT2D eigenvalue weighted by molar-refractivity contribution is 0.602. The van der Waals surface area contributed by atoms with Gasteiger partial charge in [-0.1, -0.05) is 39.0 Å². The van der Waals surface area contributed by atoms with Crippen LogP contribution in [0.2, 0.25) is 0 Å². The molecule has 82 valence electrons. The Morgan fingerprint density at radius 1 is 1.00 bits per heavy atom. The smallest absolute Gasteiger partial charge is 0.175 e. The van der Waals surface area contributed by atoms with Gasteiger partial charge in [-0.3, -0.25) is 0 Å². The minimum atomic E-state index is -3.02. The van der Waals surface area contributed by atoms with Gasteiger partial charge in [-0.05, 0) is 19.1 Å². The van der Waals surface area contributed by atoms with Gasteiger partial charge >= 0.3 is 0 Å². The van der Waals surface area contributed by atoms with Crippen LogP contribution in [0.3, 0.4) is 0 Å². The van der Waals surface area contributed by atoms with Crippen LogP contribution in [0.25, 0.3) is 0 Å². The largest absolute Gasteiger partial charge is 0.224 e. The van der Waals surface area contributed by atoms with Crippen LogP contribution in [0.1, 0.15) is 26.8 Å². The predicted octanol–water partition coefficient (Wildman–Crippen LogP) is 3.06. The van der Waals surface area contributed by atoms with Crippen LogP contribution in [0, 0.1) is 6.92 Å². The Labute approximate surface area is 87.9 Å². The van der Waals surface area contributed by atoms with E-state index in [1.165, 1.54) is 6.26 Å². The molecule has 0 fully saturated rings. The van der Waals surface area contributed by atoms with E-state index >= 15 is 0 Å². The van der Waals surface area contributed by atoms with Crippen molar-refractivity contribution in [2.24, 2.45) is 0 Å². The summed E-state index contributed by atoms with van der Waals surface area (Å²) in [6.45, 7) is 5.92. The lowest BCUT2D eigenvalue weighted by Gasteiger charge is -1.96.